The van der Waals surface area contributed by atoms with Gasteiger partial charge >= 0.3 is 6.09 Å². The van der Waals surface area contributed by atoms with E-state index in [-0.39, 0.29) is 17.0 Å². The van der Waals surface area contributed by atoms with Gasteiger partial charge in [0.1, 0.15) is 5.60 Å². The molecule has 0 aromatic carbocycles. The Balaban J connectivity index is 2.05. The van der Waals surface area contributed by atoms with Crippen molar-refractivity contribution in [3.05, 3.63) is 0 Å². The van der Waals surface area contributed by atoms with E-state index in [9.17, 15) is 9.90 Å². The second-order valence-electron chi connectivity index (χ2n) is 5.63. The van der Waals surface area contributed by atoms with Crippen molar-refractivity contribution >= 4 is 22.0 Å². The van der Waals surface area contributed by atoms with Gasteiger partial charge in [0, 0.05) is 11.4 Å². The van der Waals surface area contributed by atoms with Crippen LogP contribution in [0.3, 0.4) is 0 Å². The largest absolute Gasteiger partial charge is 0.444 e. The van der Waals surface area contributed by atoms with E-state index in [0.717, 1.165) is 6.42 Å². The summed E-state index contributed by atoms with van der Waals surface area (Å²) in [7, 11) is 0. The number of likely N-dealkylation sites (tertiary alicyclic amines) is 1. The normalized spacial score (nSPS) is 37.9. The fourth-order valence-corrected chi connectivity index (χ4v) is 3.54. The van der Waals surface area contributed by atoms with Gasteiger partial charge in [-0.15, -0.1) is 0 Å². The highest BCUT2D eigenvalue weighted by molar-refractivity contribution is 9.09. The first-order valence-electron chi connectivity index (χ1n) is 5.61. The summed E-state index contributed by atoms with van der Waals surface area (Å²) < 4.78 is 5.33. The zero-order valence-electron chi connectivity index (χ0n) is 9.81. The molecule has 4 unspecified atom stereocenters. The number of piperidine rings is 1. The smallest absolute Gasteiger partial charge is 0.410 e. The molecular formula is C11H18BrNO3. The molecule has 2 bridgehead atoms. The highest BCUT2D eigenvalue weighted by atomic mass is 79.9. The summed E-state index contributed by atoms with van der Waals surface area (Å²) in [4.78, 5) is 13.8. The molecule has 0 aromatic heterocycles. The van der Waals surface area contributed by atoms with Gasteiger partial charge < -0.3 is 14.7 Å². The number of fused-ring (bicyclic) bond motifs is 2. The van der Waals surface area contributed by atoms with Crippen LogP contribution in [-0.4, -0.2) is 45.2 Å². The molecule has 1 N–H and O–H groups in total. The van der Waals surface area contributed by atoms with Gasteiger partial charge in [-0.05, 0) is 33.1 Å². The van der Waals surface area contributed by atoms with Crippen molar-refractivity contribution in [2.75, 3.05) is 6.54 Å². The van der Waals surface area contributed by atoms with E-state index in [1.807, 2.05) is 20.8 Å². The molecule has 2 fully saturated rings. The van der Waals surface area contributed by atoms with Crippen LogP contribution in [0.1, 0.15) is 27.2 Å². The first-order valence-corrected chi connectivity index (χ1v) is 6.53. The van der Waals surface area contributed by atoms with Crippen LogP contribution in [0.5, 0.6) is 0 Å². The van der Waals surface area contributed by atoms with E-state index >= 15 is 0 Å². The number of nitrogens with zero attached hydrogens (tertiary/aromatic N) is 1. The Hall–Kier alpha value is -0.290. The van der Waals surface area contributed by atoms with E-state index in [2.05, 4.69) is 15.9 Å². The summed E-state index contributed by atoms with van der Waals surface area (Å²) in [5.41, 5.74) is -0.480. The maximum atomic E-state index is 11.9. The minimum absolute atomic E-state index is 0.125. The molecule has 4 atom stereocenters. The molecule has 0 spiro atoms. The predicted molar refractivity (Wildman–Crippen MR) is 63.6 cm³/mol. The van der Waals surface area contributed by atoms with Gasteiger partial charge in [0.15, 0.2) is 0 Å². The number of aliphatic hydroxyl groups excluding tert-OH is 1. The molecule has 0 aromatic rings. The highest BCUT2D eigenvalue weighted by Gasteiger charge is 2.53. The third kappa shape index (κ3) is 2.07. The zero-order chi connectivity index (χ0) is 12.1. The lowest BCUT2D eigenvalue weighted by molar-refractivity contribution is -0.00149. The number of rotatable bonds is 0. The van der Waals surface area contributed by atoms with Crippen LogP contribution in [0.2, 0.25) is 0 Å². The van der Waals surface area contributed by atoms with Crippen LogP contribution in [0.25, 0.3) is 0 Å². The van der Waals surface area contributed by atoms with Crippen molar-refractivity contribution in [3.8, 4) is 0 Å². The van der Waals surface area contributed by atoms with Crippen LogP contribution in [0.4, 0.5) is 4.79 Å². The maximum absolute atomic E-state index is 11.9. The number of carbonyl (C=O) groups is 1. The number of amides is 1. The number of hydrogen-bond acceptors (Lipinski definition) is 3. The minimum atomic E-state index is -0.480. The number of alkyl halides is 1. The topological polar surface area (TPSA) is 49.8 Å². The van der Waals surface area contributed by atoms with E-state index in [0.29, 0.717) is 12.5 Å². The second-order valence-corrected chi connectivity index (χ2v) is 6.69. The lowest BCUT2D eigenvalue weighted by Crippen LogP contribution is -2.47. The number of halogens is 1. The van der Waals surface area contributed by atoms with Gasteiger partial charge in [-0.1, -0.05) is 15.9 Å². The Kier molecular flexibility index (Phi) is 2.95. The lowest BCUT2D eigenvalue weighted by Gasteiger charge is -2.32. The van der Waals surface area contributed by atoms with Gasteiger partial charge in [-0.25, -0.2) is 4.79 Å². The van der Waals surface area contributed by atoms with Crippen LogP contribution < -0.4 is 0 Å². The summed E-state index contributed by atoms with van der Waals surface area (Å²) in [5.74, 6) is 0.354. The average molecular weight is 292 g/mol. The van der Waals surface area contributed by atoms with Gasteiger partial charge in [0.25, 0.3) is 0 Å². The lowest BCUT2D eigenvalue weighted by atomic mass is 10.1. The number of ether oxygens (including phenoxy) is 1. The number of carbonyl (C=O) groups excluding carboxylic acids is 1. The Morgan fingerprint density at radius 3 is 2.56 bits per heavy atom. The van der Waals surface area contributed by atoms with Gasteiger partial charge in [-0.2, -0.15) is 0 Å². The molecular weight excluding hydrogens is 274 g/mol. The molecule has 0 radical (unpaired) electrons. The van der Waals surface area contributed by atoms with Gasteiger partial charge in [0.2, 0.25) is 0 Å². The Morgan fingerprint density at radius 1 is 1.50 bits per heavy atom. The average Bonchev–Trinajstić information content (AvgIpc) is 2.54. The van der Waals surface area contributed by atoms with E-state index in [1.54, 1.807) is 4.90 Å². The third-order valence-electron chi connectivity index (χ3n) is 3.13. The minimum Gasteiger partial charge on any atom is -0.444 e. The zero-order valence-corrected chi connectivity index (χ0v) is 11.4. The molecule has 2 aliphatic rings. The van der Waals surface area contributed by atoms with Crippen LogP contribution in [-0.2, 0) is 4.74 Å². The van der Waals surface area contributed by atoms with Crippen LogP contribution >= 0.6 is 15.9 Å². The molecule has 5 heteroatoms. The Bertz CT molecular complexity index is 302. The van der Waals surface area contributed by atoms with E-state index < -0.39 is 11.7 Å². The van der Waals surface area contributed by atoms with Crippen molar-refractivity contribution in [1.29, 1.82) is 0 Å². The van der Waals surface area contributed by atoms with Crippen molar-refractivity contribution < 1.29 is 14.6 Å². The highest BCUT2D eigenvalue weighted by Crippen LogP contribution is 2.42. The summed E-state index contributed by atoms with van der Waals surface area (Å²) in [5, 5.41) is 9.83. The van der Waals surface area contributed by atoms with Crippen LogP contribution in [0, 0.1) is 5.92 Å². The fourth-order valence-electron chi connectivity index (χ4n) is 2.52. The number of aliphatic hydroxyl groups is 1. The van der Waals surface area contributed by atoms with E-state index in [4.69, 9.17) is 4.74 Å². The van der Waals surface area contributed by atoms with Gasteiger partial charge in [-0.3, -0.25) is 0 Å². The molecule has 2 rings (SSSR count). The van der Waals surface area contributed by atoms with E-state index in [1.165, 1.54) is 0 Å². The molecule has 16 heavy (non-hydrogen) atoms. The summed E-state index contributed by atoms with van der Waals surface area (Å²) >= 11 is 3.55. The summed E-state index contributed by atoms with van der Waals surface area (Å²) in [6, 6.07) is -0.125. The standard InChI is InChI=1S/C11H18BrNO3/c1-11(2,3)16-10(15)13-5-6-4-7(14)9(13)8(6)12/h6-9,14H,4-5H2,1-3H3. The molecule has 1 saturated heterocycles. The maximum Gasteiger partial charge on any atom is 0.410 e. The van der Waals surface area contributed by atoms with Crippen LogP contribution in [0.15, 0.2) is 0 Å². The molecule has 1 amide bonds. The quantitative estimate of drug-likeness (QED) is 0.692. The summed E-state index contributed by atoms with van der Waals surface area (Å²) in [6.45, 7) is 6.23. The first kappa shape index (κ1) is 12.2. The van der Waals surface area contributed by atoms with Crippen molar-refractivity contribution in [3.63, 3.8) is 0 Å². The molecule has 92 valence electrons. The molecule has 4 nitrogen and oxygen atoms in total. The van der Waals surface area contributed by atoms with Crippen molar-refractivity contribution in [2.45, 2.75) is 49.8 Å². The summed E-state index contributed by atoms with van der Waals surface area (Å²) in [6.07, 6.45) is 0.0405. The SMILES string of the molecule is CC(C)(C)OC(=O)N1CC2CC(O)C1C2Br. The van der Waals surface area contributed by atoms with Crippen molar-refractivity contribution in [1.82, 2.24) is 4.90 Å². The fraction of sp³-hybridized carbons (Fsp3) is 0.909. The molecule has 1 aliphatic heterocycles. The third-order valence-corrected chi connectivity index (χ3v) is 4.42. The Labute approximate surface area is 104 Å². The monoisotopic (exact) mass is 291 g/mol. The molecule has 1 heterocycles. The number of hydrogen-bond donors (Lipinski definition) is 1. The first-order chi connectivity index (χ1) is 7.29. The molecule has 1 saturated carbocycles. The van der Waals surface area contributed by atoms with Gasteiger partial charge in [0.05, 0.1) is 12.1 Å². The predicted octanol–water partition coefficient (Wildman–Crippen LogP) is 1.75. The second kappa shape index (κ2) is 3.88. The Morgan fingerprint density at radius 2 is 2.12 bits per heavy atom. The molecule has 1 aliphatic carbocycles. The van der Waals surface area contributed by atoms with Crippen molar-refractivity contribution in [2.24, 2.45) is 5.92 Å².